The molecule has 134 valence electrons. The van der Waals surface area contributed by atoms with Gasteiger partial charge in [-0.1, -0.05) is 12.1 Å². The summed E-state index contributed by atoms with van der Waals surface area (Å²) >= 11 is 0. The smallest absolute Gasteiger partial charge is 0.336 e. The van der Waals surface area contributed by atoms with Gasteiger partial charge in [-0.3, -0.25) is 0 Å². The maximum atomic E-state index is 11.9. The van der Waals surface area contributed by atoms with Crippen LogP contribution in [-0.2, 0) is 6.54 Å². The lowest BCUT2D eigenvalue weighted by Crippen LogP contribution is -2.85. The molecule has 0 amide bonds. The Morgan fingerprint density at radius 2 is 2.00 bits per heavy atom. The maximum absolute atomic E-state index is 11.9. The number of hydrogen-bond donors (Lipinski definition) is 2. The van der Waals surface area contributed by atoms with Gasteiger partial charge in [-0.2, -0.15) is 0 Å². The number of ether oxygens (including phenoxy) is 2. The molecule has 1 atom stereocenters. The summed E-state index contributed by atoms with van der Waals surface area (Å²) in [7, 11) is 0. The topological polar surface area (TPSA) is 85.5 Å². The number of fused-ring (bicyclic) bond motifs is 2. The Kier molecular flexibility index (Phi) is 4.26. The largest absolute Gasteiger partial charge is 0.508 e. The minimum atomic E-state index is -0.416. The third-order valence-electron chi connectivity index (χ3n) is 4.58. The summed E-state index contributed by atoms with van der Waals surface area (Å²) in [6, 6.07) is 12.5. The first-order valence-corrected chi connectivity index (χ1v) is 8.57. The molecule has 0 radical (unpaired) electrons. The zero-order valence-electron chi connectivity index (χ0n) is 14.4. The summed E-state index contributed by atoms with van der Waals surface area (Å²) in [6.07, 6.45) is -0.0536. The third-order valence-corrected chi connectivity index (χ3v) is 4.58. The van der Waals surface area contributed by atoms with Crippen LogP contribution in [0.5, 0.6) is 17.2 Å². The number of nitrogens with two attached hydrogens (primary N) is 1. The van der Waals surface area contributed by atoms with Crippen molar-refractivity contribution >= 4 is 11.0 Å². The fourth-order valence-corrected chi connectivity index (χ4v) is 3.19. The molecule has 0 unspecified atom stereocenters. The van der Waals surface area contributed by atoms with Crippen LogP contribution < -0.4 is 20.4 Å². The lowest BCUT2D eigenvalue weighted by atomic mass is 10.1. The fourth-order valence-electron chi connectivity index (χ4n) is 3.19. The van der Waals surface area contributed by atoms with E-state index >= 15 is 0 Å². The molecular formula is C20H20NO5+. The van der Waals surface area contributed by atoms with E-state index in [1.807, 2.05) is 24.3 Å². The highest BCUT2D eigenvalue weighted by Gasteiger charge is 2.22. The Hall–Kier alpha value is -2.99. The van der Waals surface area contributed by atoms with Crippen molar-refractivity contribution in [2.24, 2.45) is 0 Å². The molecule has 1 aromatic heterocycles. The minimum Gasteiger partial charge on any atom is -0.508 e. The molecule has 0 saturated carbocycles. The van der Waals surface area contributed by atoms with E-state index in [1.165, 1.54) is 6.07 Å². The van der Waals surface area contributed by atoms with Gasteiger partial charge in [-0.25, -0.2) is 4.79 Å². The fraction of sp³-hybridized carbons (Fsp3) is 0.250. The quantitative estimate of drug-likeness (QED) is 0.697. The van der Waals surface area contributed by atoms with Gasteiger partial charge in [0.15, 0.2) is 17.6 Å². The predicted molar refractivity (Wildman–Crippen MR) is 95.7 cm³/mol. The molecule has 0 fully saturated rings. The second-order valence-electron chi connectivity index (χ2n) is 6.40. The Bertz CT molecular complexity index is 1010. The van der Waals surface area contributed by atoms with Gasteiger partial charge in [0, 0.05) is 22.6 Å². The van der Waals surface area contributed by atoms with E-state index in [0.717, 1.165) is 22.4 Å². The molecule has 4 rings (SSSR count). The van der Waals surface area contributed by atoms with Crippen LogP contribution in [0.3, 0.4) is 0 Å². The Labute approximate surface area is 150 Å². The van der Waals surface area contributed by atoms with Crippen molar-refractivity contribution in [1.29, 1.82) is 0 Å². The number of quaternary nitrogens is 1. The highest BCUT2D eigenvalue weighted by Crippen LogP contribution is 2.30. The summed E-state index contributed by atoms with van der Waals surface area (Å²) in [5, 5.41) is 12.7. The van der Waals surface area contributed by atoms with Crippen LogP contribution in [0.15, 0.2) is 51.7 Å². The Morgan fingerprint density at radius 1 is 1.19 bits per heavy atom. The average molecular weight is 354 g/mol. The molecule has 1 aliphatic heterocycles. The third kappa shape index (κ3) is 3.11. The zero-order valence-corrected chi connectivity index (χ0v) is 14.4. The van der Waals surface area contributed by atoms with E-state index in [4.69, 9.17) is 13.9 Å². The van der Waals surface area contributed by atoms with Gasteiger partial charge in [-0.15, -0.1) is 0 Å². The first kappa shape index (κ1) is 16.5. The molecular weight excluding hydrogens is 334 g/mol. The molecule has 26 heavy (non-hydrogen) atoms. The van der Waals surface area contributed by atoms with Crippen molar-refractivity contribution in [3.8, 4) is 17.2 Å². The van der Waals surface area contributed by atoms with Crippen molar-refractivity contribution in [2.45, 2.75) is 19.6 Å². The van der Waals surface area contributed by atoms with E-state index in [9.17, 15) is 9.90 Å². The second-order valence-corrected chi connectivity index (χ2v) is 6.40. The van der Waals surface area contributed by atoms with Crippen molar-refractivity contribution in [1.82, 2.24) is 0 Å². The number of phenolic OH excluding ortho intramolecular Hbond substituents is 1. The molecule has 0 aliphatic carbocycles. The van der Waals surface area contributed by atoms with Crippen LogP contribution in [0.4, 0.5) is 0 Å². The molecule has 1 aliphatic rings. The van der Waals surface area contributed by atoms with Crippen molar-refractivity contribution in [3.05, 3.63) is 64.0 Å². The maximum Gasteiger partial charge on any atom is 0.336 e. The summed E-state index contributed by atoms with van der Waals surface area (Å²) in [5.74, 6) is 1.65. The monoisotopic (exact) mass is 354 g/mol. The first-order chi connectivity index (χ1) is 12.6. The summed E-state index contributed by atoms with van der Waals surface area (Å²) in [4.78, 5) is 11.9. The first-order valence-electron chi connectivity index (χ1n) is 8.57. The lowest BCUT2D eigenvalue weighted by Gasteiger charge is -2.25. The molecule has 3 N–H and O–H groups in total. The van der Waals surface area contributed by atoms with E-state index in [-0.39, 0.29) is 11.9 Å². The second kappa shape index (κ2) is 6.72. The number of phenols is 1. The van der Waals surface area contributed by atoms with Crippen molar-refractivity contribution < 1.29 is 24.3 Å². The van der Waals surface area contributed by atoms with Gasteiger partial charge >= 0.3 is 5.63 Å². The highest BCUT2D eigenvalue weighted by atomic mass is 16.6. The van der Waals surface area contributed by atoms with Crippen LogP contribution in [0.1, 0.15) is 11.1 Å². The van der Waals surface area contributed by atoms with Crippen molar-refractivity contribution in [3.63, 3.8) is 0 Å². The molecule has 6 heteroatoms. The molecule has 2 aromatic carbocycles. The van der Waals surface area contributed by atoms with Crippen LogP contribution in [0.25, 0.3) is 11.0 Å². The summed E-state index contributed by atoms with van der Waals surface area (Å²) in [5.41, 5.74) is 1.46. The van der Waals surface area contributed by atoms with E-state index in [0.29, 0.717) is 30.8 Å². The number of para-hydroxylation sites is 2. The van der Waals surface area contributed by atoms with E-state index in [1.54, 1.807) is 19.1 Å². The van der Waals surface area contributed by atoms with Gasteiger partial charge in [0.25, 0.3) is 0 Å². The number of aryl methyl sites for hydroxylation is 1. The average Bonchev–Trinajstić information content (AvgIpc) is 2.65. The van der Waals surface area contributed by atoms with Gasteiger partial charge in [0.2, 0.25) is 0 Å². The standard InChI is InChI=1S/C20H19NO5/c1-12-16(22)7-6-15-13(8-19(23)26-20(12)15)9-21-10-14-11-24-17-4-2-3-5-18(17)25-14/h2-8,14,21-22H,9-11H2,1H3/p+1/t14-/m1/s1. The van der Waals surface area contributed by atoms with Crippen LogP contribution in [0.2, 0.25) is 0 Å². The molecule has 0 saturated heterocycles. The number of benzene rings is 2. The van der Waals surface area contributed by atoms with Gasteiger partial charge < -0.3 is 24.3 Å². The molecule has 6 nitrogen and oxygen atoms in total. The summed E-state index contributed by atoms with van der Waals surface area (Å²) < 4.78 is 16.9. The Balaban J connectivity index is 1.47. The zero-order chi connectivity index (χ0) is 18.1. The molecule has 3 aromatic rings. The highest BCUT2D eigenvalue weighted by molar-refractivity contribution is 5.84. The van der Waals surface area contributed by atoms with Crippen LogP contribution in [-0.4, -0.2) is 24.4 Å². The molecule has 0 spiro atoms. The minimum absolute atomic E-state index is 0.0536. The van der Waals surface area contributed by atoms with E-state index < -0.39 is 5.63 Å². The predicted octanol–water partition coefficient (Wildman–Crippen LogP) is 1.71. The summed E-state index contributed by atoms with van der Waals surface area (Å²) in [6.45, 7) is 3.54. The van der Waals surface area contributed by atoms with Crippen molar-refractivity contribution in [2.75, 3.05) is 13.2 Å². The number of aromatic hydroxyl groups is 1. The number of rotatable bonds is 4. The van der Waals surface area contributed by atoms with E-state index in [2.05, 4.69) is 5.32 Å². The SMILES string of the molecule is Cc1c(O)ccc2c(C[NH2+]C[C@@H]3COc4ccccc4O3)cc(=O)oc12. The molecule has 2 heterocycles. The van der Waals surface area contributed by atoms with Gasteiger partial charge in [0.05, 0.1) is 0 Å². The van der Waals surface area contributed by atoms with Gasteiger partial charge in [0.1, 0.15) is 31.0 Å². The van der Waals surface area contributed by atoms with Crippen LogP contribution >= 0.6 is 0 Å². The Morgan fingerprint density at radius 3 is 2.85 bits per heavy atom. The normalized spacial score (nSPS) is 16.0. The number of hydrogen-bond acceptors (Lipinski definition) is 5. The molecule has 0 bridgehead atoms. The van der Waals surface area contributed by atoms with Gasteiger partial charge in [-0.05, 0) is 31.2 Å². The van der Waals surface area contributed by atoms with Crippen LogP contribution in [0, 0.1) is 6.92 Å². The lowest BCUT2D eigenvalue weighted by molar-refractivity contribution is -0.675.